The van der Waals surface area contributed by atoms with Gasteiger partial charge in [-0.2, -0.15) is 5.10 Å². The molecule has 1 aromatic rings. The molecule has 1 aliphatic heterocycles. The number of hydrogen-bond donors (Lipinski definition) is 1. The van der Waals surface area contributed by atoms with Crippen molar-refractivity contribution in [2.45, 2.75) is 71.6 Å². The van der Waals surface area contributed by atoms with Gasteiger partial charge in [-0.05, 0) is 44.6 Å². The van der Waals surface area contributed by atoms with Crippen molar-refractivity contribution in [3.63, 3.8) is 0 Å². The van der Waals surface area contributed by atoms with Gasteiger partial charge in [0.25, 0.3) is 0 Å². The van der Waals surface area contributed by atoms with Crippen LogP contribution in [-0.2, 0) is 30.5 Å². The average molecular weight is 265 g/mol. The van der Waals surface area contributed by atoms with Gasteiger partial charge in [-0.25, -0.2) is 0 Å². The van der Waals surface area contributed by atoms with Gasteiger partial charge in [0.05, 0.1) is 18.3 Å². The summed E-state index contributed by atoms with van der Waals surface area (Å²) < 4.78 is 7.91. The molecule has 2 unspecified atom stereocenters. The summed E-state index contributed by atoms with van der Waals surface area (Å²) in [6.45, 7) is 8.24. The molecule has 2 atom stereocenters. The molecule has 1 fully saturated rings. The Labute approximate surface area is 116 Å². The molecule has 0 aromatic carbocycles. The van der Waals surface area contributed by atoms with E-state index in [9.17, 15) is 0 Å². The number of rotatable bonds is 6. The molecule has 0 bridgehead atoms. The van der Waals surface area contributed by atoms with E-state index in [2.05, 4.69) is 25.5 Å². The molecule has 108 valence electrons. The van der Waals surface area contributed by atoms with Crippen molar-refractivity contribution in [3.8, 4) is 0 Å². The lowest BCUT2D eigenvalue weighted by atomic mass is 10.0. The summed E-state index contributed by atoms with van der Waals surface area (Å²) in [6, 6.07) is 0.191. The molecule has 1 aliphatic rings. The second kappa shape index (κ2) is 6.53. The van der Waals surface area contributed by atoms with E-state index in [-0.39, 0.29) is 6.04 Å². The average Bonchev–Trinajstić information content (AvgIpc) is 2.97. The van der Waals surface area contributed by atoms with Crippen molar-refractivity contribution in [2.24, 2.45) is 5.73 Å². The van der Waals surface area contributed by atoms with Gasteiger partial charge in [0.2, 0.25) is 0 Å². The highest BCUT2D eigenvalue weighted by Crippen LogP contribution is 2.21. The molecule has 1 saturated heterocycles. The Bertz CT molecular complexity index is 406. The third kappa shape index (κ3) is 3.37. The van der Waals surface area contributed by atoms with Gasteiger partial charge in [-0.15, -0.1) is 0 Å². The highest BCUT2D eigenvalue weighted by atomic mass is 16.5. The number of aromatic nitrogens is 2. The Morgan fingerprint density at radius 2 is 2.21 bits per heavy atom. The minimum Gasteiger partial charge on any atom is -0.376 e. The topological polar surface area (TPSA) is 53.1 Å². The summed E-state index contributed by atoms with van der Waals surface area (Å²) in [5.74, 6) is 0. The van der Waals surface area contributed by atoms with E-state index in [1.165, 1.54) is 23.4 Å². The Hall–Kier alpha value is -0.870. The molecule has 4 nitrogen and oxygen atoms in total. The Morgan fingerprint density at radius 3 is 2.74 bits per heavy atom. The molecule has 0 amide bonds. The Balaban J connectivity index is 2.23. The third-order valence-electron chi connectivity index (χ3n) is 3.85. The third-order valence-corrected chi connectivity index (χ3v) is 3.85. The molecule has 1 aromatic heterocycles. The van der Waals surface area contributed by atoms with E-state index in [0.717, 1.165) is 38.8 Å². The molecule has 19 heavy (non-hydrogen) atoms. The zero-order valence-corrected chi connectivity index (χ0v) is 12.5. The minimum absolute atomic E-state index is 0.191. The van der Waals surface area contributed by atoms with E-state index in [1.54, 1.807) is 0 Å². The second-order valence-electron chi connectivity index (χ2n) is 5.58. The number of nitrogens with two attached hydrogens (primary N) is 1. The van der Waals surface area contributed by atoms with E-state index in [0.29, 0.717) is 6.10 Å². The first-order chi connectivity index (χ1) is 9.15. The first kappa shape index (κ1) is 14.5. The smallest absolute Gasteiger partial charge is 0.0771 e. The first-order valence-electron chi connectivity index (χ1n) is 7.60. The second-order valence-corrected chi connectivity index (χ2v) is 5.58. The standard InChI is InChI=1S/C15H27N3O/c1-4-14-13(9-11(3)16)15(5-2)18(17-14)10-12-7-6-8-19-12/h11-12H,4-10,16H2,1-3H3. The molecular weight excluding hydrogens is 238 g/mol. The van der Waals surface area contributed by atoms with Gasteiger partial charge in [0.15, 0.2) is 0 Å². The van der Waals surface area contributed by atoms with Crippen molar-refractivity contribution in [2.75, 3.05) is 6.61 Å². The zero-order chi connectivity index (χ0) is 13.8. The summed E-state index contributed by atoms with van der Waals surface area (Å²) in [6.07, 6.45) is 5.61. The van der Waals surface area contributed by atoms with Gasteiger partial charge >= 0.3 is 0 Å². The lowest BCUT2D eigenvalue weighted by Gasteiger charge is -2.13. The summed E-state index contributed by atoms with van der Waals surface area (Å²) in [4.78, 5) is 0. The first-order valence-corrected chi connectivity index (χ1v) is 7.60. The lowest BCUT2D eigenvalue weighted by Crippen LogP contribution is -2.20. The van der Waals surface area contributed by atoms with Crippen LogP contribution in [0.5, 0.6) is 0 Å². The van der Waals surface area contributed by atoms with Gasteiger partial charge in [-0.3, -0.25) is 4.68 Å². The van der Waals surface area contributed by atoms with Crippen LogP contribution in [-0.4, -0.2) is 28.5 Å². The molecule has 2 heterocycles. The molecule has 4 heteroatoms. The lowest BCUT2D eigenvalue weighted by molar-refractivity contribution is 0.0931. The number of ether oxygens (including phenoxy) is 1. The van der Waals surface area contributed by atoms with E-state index < -0.39 is 0 Å². The fourth-order valence-electron chi connectivity index (χ4n) is 2.96. The molecule has 0 spiro atoms. The molecule has 0 radical (unpaired) electrons. The summed E-state index contributed by atoms with van der Waals surface area (Å²) in [5.41, 5.74) is 9.92. The van der Waals surface area contributed by atoms with Crippen LogP contribution in [0.15, 0.2) is 0 Å². The SMILES string of the molecule is CCc1nn(CC2CCCO2)c(CC)c1CC(C)N. The van der Waals surface area contributed by atoms with Crippen LogP contribution in [0.1, 0.15) is 50.6 Å². The van der Waals surface area contributed by atoms with Crippen LogP contribution in [0.3, 0.4) is 0 Å². The number of aryl methyl sites for hydroxylation is 1. The van der Waals surface area contributed by atoms with Crippen LogP contribution in [0.4, 0.5) is 0 Å². The summed E-state index contributed by atoms with van der Waals surface area (Å²) in [7, 11) is 0. The highest BCUT2D eigenvalue weighted by molar-refractivity contribution is 5.28. The van der Waals surface area contributed by atoms with Gasteiger partial charge in [0, 0.05) is 18.3 Å². The fraction of sp³-hybridized carbons (Fsp3) is 0.800. The van der Waals surface area contributed by atoms with Crippen LogP contribution in [0.2, 0.25) is 0 Å². The van der Waals surface area contributed by atoms with E-state index >= 15 is 0 Å². The van der Waals surface area contributed by atoms with Crippen molar-refractivity contribution in [1.82, 2.24) is 9.78 Å². The Kier molecular flexibility index (Phi) is 4.99. The molecule has 2 rings (SSSR count). The van der Waals surface area contributed by atoms with Crippen molar-refractivity contribution in [3.05, 3.63) is 17.0 Å². The minimum atomic E-state index is 0.191. The van der Waals surface area contributed by atoms with Gasteiger partial charge in [0.1, 0.15) is 0 Å². The van der Waals surface area contributed by atoms with Crippen LogP contribution in [0, 0.1) is 0 Å². The van der Waals surface area contributed by atoms with Crippen molar-refractivity contribution in [1.29, 1.82) is 0 Å². The van der Waals surface area contributed by atoms with Crippen LogP contribution in [0.25, 0.3) is 0 Å². The monoisotopic (exact) mass is 265 g/mol. The van der Waals surface area contributed by atoms with E-state index in [4.69, 9.17) is 15.6 Å². The molecule has 2 N–H and O–H groups in total. The summed E-state index contributed by atoms with van der Waals surface area (Å²) >= 11 is 0. The van der Waals surface area contributed by atoms with E-state index in [1.807, 2.05) is 0 Å². The number of nitrogens with zero attached hydrogens (tertiary/aromatic N) is 2. The van der Waals surface area contributed by atoms with Crippen molar-refractivity contribution >= 4 is 0 Å². The summed E-state index contributed by atoms with van der Waals surface area (Å²) in [5, 5.41) is 4.80. The number of hydrogen-bond acceptors (Lipinski definition) is 3. The maximum atomic E-state index is 5.98. The maximum absolute atomic E-state index is 5.98. The molecular formula is C15H27N3O. The highest BCUT2D eigenvalue weighted by Gasteiger charge is 2.21. The quantitative estimate of drug-likeness (QED) is 0.856. The predicted octanol–water partition coefficient (Wildman–Crippen LogP) is 2.08. The predicted molar refractivity (Wildman–Crippen MR) is 77.3 cm³/mol. The van der Waals surface area contributed by atoms with Gasteiger partial charge < -0.3 is 10.5 Å². The van der Waals surface area contributed by atoms with Gasteiger partial charge in [-0.1, -0.05) is 13.8 Å². The largest absolute Gasteiger partial charge is 0.376 e. The molecule has 0 aliphatic carbocycles. The molecule has 0 saturated carbocycles. The van der Waals surface area contributed by atoms with Crippen LogP contribution >= 0.6 is 0 Å². The van der Waals surface area contributed by atoms with Crippen LogP contribution < -0.4 is 5.73 Å². The normalized spacial score (nSPS) is 20.9. The zero-order valence-electron chi connectivity index (χ0n) is 12.5. The Morgan fingerprint density at radius 1 is 1.42 bits per heavy atom. The maximum Gasteiger partial charge on any atom is 0.0771 e. The van der Waals surface area contributed by atoms with Crippen molar-refractivity contribution < 1.29 is 4.74 Å². The fourth-order valence-corrected chi connectivity index (χ4v) is 2.96.